The van der Waals surface area contributed by atoms with E-state index in [1.54, 1.807) is 0 Å². The Labute approximate surface area is 112 Å². The Morgan fingerprint density at radius 3 is 2.82 bits per heavy atom. The summed E-state index contributed by atoms with van der Waals surface area (Å²) < 4.78 is 0. The summed E-state index contributed by atoms with van der Waals surface area (Å²) in [5, 5.41) is 10.0. The SMILES string of the molecule is N#CCC1CCCCN1c1ccc(Cl)c(Cl)c1. The summed E-state index contributed by atoms with van der Waals surface area (Å²) in [5.74, 6) is 0. The van der Waals surface area contributed by atoms with Crippen LogP contribution in [0.25, 0.3) is 0 Å². The maximum atomic E-state index is 8.86. The first-order chi connectivity index (χ1) is 8.22. The standard InChI is InChI=1S/C13H14Cl2N2/c14-12-5-4-11(9-13(12)15)17-8-2-1-3-10(17)6-7-16/h4-5,9-10H,1-3,6,8H2. The maximum absolute atomic E-state index is 8.86. The van der Waals surface area contributed by atoms with Gasteiger partial charge in [0.15, 0.2) is 0 Å². The van der Waals surface area contributed by atoms with Crippen molar-refractivity contribution >= 4 is 28.9 Å². The quantitative estimate of drug-likeness (QED) is 0.801. The first-order valence-electron chi connectivity index (χ1n) is 5.81. The van der Waals surface area contributed by atoms with Crippen LogP contribution in [-0.4, -0.2) is 12.6 Å². The smallest absolute Gasteiger partial charge is 0.0643 e. The first kappa shape index (κ1) is 12.5. The number of piperidine rings is 1. The monoisotopic (exact) mass is 268 g/mol. The minimum absolute atomic E-state index is 0.311. The summed E-state index contributed by atoms with van der Waals surface area (Å²) in [7, 11) is 0. The van der Waals surface area contributed by atoms with Gasteiger partial charge in [-0.15, -0.1) is 0 Å². The minimum atomic E-state index is 0.311. The Hall–Kier alpha value is -0.910. The highest BCUT2D eigenvalue weighted by Gasteiger charge is 2.22. The summed E-state index contributed by atoms with van der Waals surface area (Å²) in [4.78, 5) is 2.27. The molecule has 1 atom stereocenters. The Morgan fingerprint density at radius 2 is 2.12 bits per heavy atom. The van der Waals surface area contributed by atoms with Crippen molar-refractivity contribution in [3.8, 4) is 6.07 Å². The van der Waals surface area contributed by atoms with Gasteiger partial charge in [0.25, 0.3) is 0 Å². The highest BCUT2D eigenvalue weighted by Crippen LogP contribution is 2.31. The van der Waals surface area contributed by atoms with Crippen LogP contribution >= 0.6 is 23.2 Å². The lowest BCUT2D eigenvalue weighted by Gasteiger charge is -2.36. The van der Waals surface area contributed by atoms with Gasteiger partial charge < -0.3 is 4.90 Å². The molecule has 1 aromatic rings. The fourth-order valence-electron chi connectivity index (χ4n) is 2.32. The van der Waals surface area contributed by atoms with Crippen molar-refractivity contribution in [3.05, 3.63) is 28.2 Å². The van der Waals surface area contributed by atoms with E-state index < -0.39 is 0 Å². The Kier molecular flexibility index (Phi) is 4.15. The van der Waals surface area contributed by atoms with E-state index >= 15 is 0 Å². The van der Waals surface area contributed by atoms with Gasteiger partial charge in [0, 0.05) is 18.3 Å². The van der Waals surface area contributed by atoms with Gasteiger partial charge in [-0.3, -0.25) is 0 Å². The molecule has 0 aliphatic carbocycles. The molecule has 17 heavy (non-hydrogen) atoms. The molecule has 0 aromatic heterocycles. The van der Waals surface area contributed by atoms with Crippen molar-refractivity contribution in [3.63, 3.8) is 0 Å². The van der Waals surface area contributed by atoms with E-state index in [4.69, 9.17) is 28.5 Å². The van der Waals surface area contributed by atoms with Gasteiger partial charge in [-0.1, -0.05) is 23.2 Å². The van der Waals surface area contributed by atoms with Crippen molar-refractivity contribution < 1.29 is 0 Å². The second-order valence-corrected chi connectivity index (χ2v) is 5.12. The molecule has 0 N–H and O–H groups in total. The number of benzene rings is 1. The average Bonchev–Trinajstić information content (AvgIpc) is 2.34. The van der Waals surface area contributed by atoms with Gasteiger partial charge in [-0.25, -0.2) is 0 Å². The summed E-state index contributed by atoms with van der Waals surface area (Å²) in [6, 6.07) is 8.25. The molecule has 4 heteroatoms. The molecule has 1 heterocycles. The van der Waals surface area contributed by atoms with Crippen molar-refractivity contribution in [2.24, 2.45) is 0 Å². The molecule has 1 unspecified atom stereocenters. The predicted molar refractivity (Wildman–Crippen MR) is 71.7 cm³/mol. The fourth-order valence-corrected chi connectivity index (χ4v) is 2.61. The van der Waals surface area contributed by atoms with E-state index in [0.29, 0.717) is 22.5 Å². The van der Waals surface area contributed by atoms with Crippen molar-refractivity contribution in [1.82, 2.24) is 0 Å². The van der Waals surface area contributed by atoms with Crippen LogP contribution in [0.15, 0.2) is 18.2 Å². The molecular weight excluding hydrogens is 255 g/mol. The number of rotatable bonds is 2. The lowest BCUT2D eigenvalue weighted by atomic mass is 9.99. The number of nitriles is 1. The summed E-state index contributed by atoms with van der Waals surface area (Å²) in [5.41, 5.74) is 1.07. The van der Waals surface area contributed by atoms with Crippen molar-refractivity contribution in [2.75, 3.05) is 11.4 Å². The normalized spacial score (nSPS) is 20.1. The Bertz CT molecular complexity index is 440. The zero-order valence-corrected chi connectivity index (χ0v) is 11.0. The number of nitrogens with zero attached hydrogens (tertiary/aromatic N) is 2. The van der Waals surface area contributed by atoms with Crippen LogP contribution in [0.5, 0.6) is 0 Å². The molecular formula is C13H14Cl2N2. The molecule has 0 saturated carbocycles. The summed E-state index contributed by atoms with van der Waals surface area (Å²) in [6.07, 6.45) is 4.01. The van der Waals surface area contributed by atoms with E-state index in [2.05, 4.69) is 11.0 Å². The van der Waals surface area contributed by atoms with E-state index in [0.717, 1.165) is 18.7 Å². The molecule has 1 fully saturated rings. The van der Waals surface area contributed by atoms with Crippen LogP contribution in [-0.2, 0) is 0 Å². The number of hydrogen-bond acceptors (Lipinski definition) is 2. The van der Waals surface area contributed by atoms with Crippen LogP contribution < -0.4 is 4.90 Å². The zero-order valence-electron chi connectivity index (χ0n) is 9.50. The van der Waals surface area contributed by atoms with Crippen LogP contribution in [0.3, 0.4) is 0 Å². The Morgan fingerprint density at radius 1 is 1.29 bits per heavy atom. The van der Waals surface area contributed by atoms with Crippen LogP contribution in [0.1, 0.15) is 25.7 Å². The molecule has 2 nitrogen and oxygen atoms in total. The molecule has 1 aromatic carbocycles. The van der Waals surface area contributed by atoms with Gasteiger partial charge in [0.2, 0.25) is 0 Å². The first-order valence-corrected chi connectivity index (χ1v) is 6.56. The molecule has 1 saturated heterocycles. The molecule has 1 aliphatic rings. The maximum Gasteiger partial charge on any atom is 0.0643 e. The lowest BCUT2D eigenvalue weighted by molar-refractivity contribution is 0.464. The van der Waals surface area contributed by atoms with Crippen LogP contribution in [0, 0.1) is 11.3 Å². The second kappa shape index (κ2) is 5.62. The van der Waals surface area contributed by atoms with E-state index in [1.165, 1.54) is 12.8 Å². The molecule has 0 radical (unpaired) electrons. The largest absolute Gasteiger partial charge is 0.367 e. The topological polar surface area (TPSA) is 27.0 Å². The summed E-state index contributed by atoms with van der Waals surface area (Å²) in [6.45, 7) is 0.990. The summed E-state index contributed by atoms with van der Waals surface area (Å²) >= 11 is 11.9. The van der Waals surface area contributed by atoms with Gasteiger partial charge in [-0.2, -0.15) is 5.26 Å². The van der Waals surface area contributed by atoms with Crippen LogP contribution in [0.2, 0.25) is 10.0 Å². The Balaban J connectivity index is 2.23. The molecule has 1 aliphatic heterocycles. The van der Waals surface area contributed by atoms with E-state index in [-0.39, 0.29) is 0 Å². The molecule has 2 rings (SSSR count). The van der Waals surface area contributed by atoms with Crippen molar-refractivity contribution in [1.29, 1.82) is 5.26 Å². The third-order valence-corrected chi connectivity index (χ3v) is 3.93. The van der Waals surface area contributed by atoms with Gasteiger partial charge in [0.05, 0.1) is 22.5 Å². The third-order valence-electron chi connectivity index (χ3n) is 3.19. The van der Waals surface area contributed by atoms with Crippen LogP contribution in [0.4, 0.5) is 5.69 Å². The third kappa shape index (κ3) is 2.86. The highest BCUT2D eigenvalue weighted by molar-refractivity contribution is 6.42. The van der Waals surface area contributed by atoms with Crippen molar-refractivity contribution in [2.45, 2.75) is 31.7 Å². The fraction of sp³-hybridized carbons (Fsp3) is 0.462. The molecule has 90 valence electrons. The average molecular weight is 269 g/mol. The second-order valence-electron chi connectivity index (χ2n) is 4.30. The van der Waals surface area contributed by atoms with Gasteiger partial charge >= 0.3 is 0 Å². The van der Waals surface area contributed by atoms with Gasteiger partial charge in [0.1, 0.15) is 0 Å². The molecule has 0 amide bonds. The molecule has 0 bridgehead atoms. The van der Waals surface area contributed by atoms with Gasteiger partial charge in [-0.05, 0) is 37.5 Å². The minimum Gasteiger partial charge on any atom is -0.367 e. The predicted octanol–water partition coefficient (Wildman–Crippen LogP) is 4.27. The molecule has 0 spiro atoms. The number of anilines is 1. The number of hydrogen-bond donors (Lipinski definition) is 0. The highest BCUT2D eigenvalue weighted by atomic mass is 35.5. The zero-order chi connectivity index (χ0) is 12.3. The van der Waals surface area contributed by atoms with E-state index in [1.807, 2.05) is 18.2 Å². The van der Waals surface area contributed by atoms with E-state index in [9.17, 15) is 0 Å². The number of halogens is 2. The lowest BCUT2D eigenvalue weighted by Crippen LogP contribution is -2.39.